The zero-order valence-electron chi connectivity index (χ0n) is 13.8. The first-order chi connectivity index (χ1) is 12.6. The van der Waals surface area contributed by atoms with E-state index in [0.717, 1.165) is 0 Å². The van der Waals surface area contributed by atoms with E-state index in [4.69, 9.17) is 33.4 Å². The topological polar surface area (TPSA) is 40.5 Å². The van der Waals surface area contributed by atoms with Crippen molar-refractivity contribution in [1.29, 1.82) is 0 Å². The summed E-state index contributed by atoms with van der Waals surface area (Å²) in [6, 6.07) is 12.7. The van der Waals surface area contributed by atoms with E-state index in [-0.39, 0.29) is 33.2 Å². The van der Waals surface area contributed by atoms with Crippen molar-refractivity contribution in [2.75, 3.05) is 0 Å². The van der Waals surface area contributed by atoms with Crippen LogP contribution in [0.1, 0.15) is 0 Å². The van der Waals surface area contributed by atoms with Gasteiger partial charge in [0.25, 0.3) is 0 Å². The van der Waals surface area contributed by atoms with Crippen molar-refractivity contribution in [3.8, 4) is 11.5 Å². The molecule has 2 aromatic rings. The molecule has 2 aliphatic rings. The number of rotatable bonds is 0. The van der Waals surface area contributed by atoms with Crippen LogP contribution < -0.4 is 0 Å². The van der Waals surface area contributed by atoms with Gasteiger partial charge in [-0.2, -0.15) is 0 Å². The molecule has 2 saturated carbocycles. The van der Waals surface area contributed by atoms with Gasteiger partial charge < -0.3 is 10.2 Å². The summed E-state index contributed by atoms with van der Waals surface area (Å²) in [5.74, 6) is 0.490. The van der Waals surface area contributed by atoms with Gasteiger partial charge in [0.05, 0.1) is 0 Å². The Hall–Kier alpha value is -0.666. The van der Waals surface area contributed by atoms with Crippen LogP contribution in [0.15, 0.2) is 48.5 Å². The van der Waals surface area contributed by atoms with Crippen LogP contribution in [0.3, 0.4) is 0 Å². The molecule has 0 amide bonds. The van der Waals surface area contributed by atoms with Crippen molar-refractivity contribution in [2.45, 2.75) is 0 Å². The Morgan fingerprint density at radius 1 is 0.444 bits per heavy atom. The molecule has 20 radical (unpaired) electrons. The standard InChI is InChI=1S/2C6H5ClO.2C5.Ti/c2*7-5-1-3-6(8)4-2-5;2*1-2-4-5-3-1;/h2*1-4,8H;;;. The third kappa shape index (κ3) is 16.0. The van der Waals surface area contributed by atoms with Crippen molar-refractivity contribution in [3.05, 3.63) is 123 Å². The van der Waals surface area contributed by atoms with Gasteiger partial charge in [-0.05, 0) is 48.5 Å². The SMILES string of the molecule is Oc1ccc(Cl)cc1.Oc1ccc(Cl)cc1.[C]1[C][C][C][C]1.[C]1[C][C][C][C]1.[Ti]. The maximum Gasteiger partial charge on any atom is 0.115 e. The van der Waals surface area contributed by atoms with Gasteiger partial charge in [-0.1, -0.05) is 23.2 Å². The fourth-order valence-corrected chi connectivity index (χ4v) is 1.45. The second-order valence-corrected chi connectivity index (χ2v) is 5.08. The minimum absolute atomic E-state index is 0. The van der Waals surface area contributed by atoms with E-state index < -0.39 is 0 Å². The predicted octanol–water partition coefficient (Wildman–Crippen LogP) is 4.90. The monoisotopic (exact) mass is 424 g/mol. The fourth-order valence-electron chi connectivity index (χ4n) is 1.19. The van der Waals surface area contributed by atoms with Gasteiger partial charge in [0.15, 0.2) is 0 Å². The van der Waals surface area contributed by atoms with Crippen molar-refractivity contribution in [1.82, 2.24) is 0 Å². The molecular formula is C22H10Cl2O2Ti. The summed E-state index contributed by atoms with van der Waals surface area (Å²) in [6.45, 7) is 0. The Morgan fingerprint density at radius 3 is 0.778 bits per heavy atom. The average molecular weight is 425 g/mol. The Balaban J connectivity index is 0.000000337. The van der Waals surface area contributed by atoms with Gasteiger partial charge in [-0.15, -0.1) is 0 Å². The first-order valence-electron chi connectivity index (χ1n) is 6.97. The molecule has 0 saturated heterocycles. The summed E-state index contributed by atoms with van der Waals surface area (Å²) in [7, 11) is 0. The van der Waals surface area contributed by atoms with E-state index in [2.05, 4.69) is 64.2 Å². The third-order valence-electron chi connectivity index (χ3n) is 2.28. The molecule has 2 aliphatic carbocycles. The number of phenolic OH excluding ortho intramolecular Hbond substituents is 2. The normalized spacial score (nSPS) is 14.3. The quantitative estimate of drug-likeness (QED) is 0.590. The molecule has 0 aromatic heterocycles. The number of hydrogen-bond donors (Lipinski definition) is 2. The van der Waals surface area contributed by atoms with Gasteiger partial charge in [0.2, 0.25) is 0 Å². The number of hydrogen-bond acceptors (Lipinski definition) is 2. The van der Waals surface area contributed by atoms with E-state index in [1.807, 2.05) is 0 Å². The molecular weight excluding hydrogens is 415 g/mol. The van der Waals surface area contributed by atoms with E-state index in [1.165, 1.54) is 0 Å². The smallest absolute Gasteiger partial charge is 0.115 e. The van der Waals surface area contributed by atoms with Crippen LogP contribution in [0, 0.1) is 64.2 Å². The number of benzene rings is 2. The van der Waals surface area contributed by atoms with Gasteiger partial charge in [0, 0.05) is 96.0 Å². The first-order valence-corrected chi connectivity index (χ1v) is 7.72. The van der Waals surface area contributed by atoms with E-state index >= 15 is 0 Å². The van der Waals surface area contributed by atoms with Crippen LogP contribution in [-0.4, -0.2) is 10.2 Å². The molecule has 2 fully saturated rings. The first kappa shape index (κ1) is 26.3. The molecule has 5 heteroatoms. The Kier molecular flexibility index (Phi) is 17.0. The second-order valence-electron chi connectivity index (χ2n) is 4.20. The second kappa shape index (κ2) is 17.4. The maximum atomic E-state index is 8.70. The molecule has 0 bridgehead atoms. The van der Waals surface area contributed by atoms with Gasteiger partial charge in [0.1, 0.15) is 11.5 Å². The third-order valence-corrected chi connectivity index (χ3v) is 2.78. The summed E-state index contributed by atoms with van der Waals surface area (Å²) in [5.41, 5.74) is 0. The van der Waals surface area contributed by atoms with Crippen LogP contribution in [0.25, 0.3) is 0 Å². The summed E-state index contributed by atoms with van der Waals surface area (Å²) in [5, 5.41) is 18.7. The number of halogens is 2. The summed E-state index contributed by atoms with van der Waals surface area (Å²) in [4.78, 5) is 0. The van der Waals surface area contributed by atoms with Crippen molar-refractivity contribution < 1.29 is 31.9 Å². The molecule has 0 atom stereocenters. The Bertz CT molecular complexity index is 455. The average Bonchev–Trinajstić information content (AvgIpc) is 3.39. The zero-order valence-corrected chi connectivity index (χ0v) is 16.8. The van der Waals surface area contributed by atoms with Crippen LogP contribution in [0.2, 0.25) is 10.0 Å². The summed E-state index contributed by atoms with van der Waals surface area (Å²) in [6.07, 6.45) is 25.0. The van der Waals surface area contributed by atoms with Crippen molar-refractivity contribution in [3.63, 3.8) is 0 Å². The zero-order chi connectivity index (χ0) is 19.0. The van der Waals surface area contributed by atoms with Crippen LogP contribution in [0.5, 0.6) is 11.5 Å². The Labute approximate surface area is 188 Å². The molecule has 2 N–H and O–H groups in total. The van der Waals surface area contributed by atoms with Crippen LogP contribution in [0.4, 0.5) is 0 Å². The van der Waals surface area contributed by atoms with Crippen molar-refractivity contribution >= 4 is 23.2 Å². The van der Waals surface area contributed by atoms with E-state index in [9.17, 15) is 0 Å². The van der Waals surface area contributed by atoms with Crippen LogP contribution >= 0.6 is 23.2 Å². The van der Waals surface area contributed by atoms with E-state index in [1.54, 1.807) is 48.5 Å². The summed E-state index contributed by atoms with van der Waals surface area (Å²) < 4.78 is 0. The van der Waals surface area contributed by atoms with Gasteiger partial charge in [-0.3, -0.25) is 0 Å². The van der Waals surface area contributed by atoms with Gasteiger partial charge >= 0.3 is 0 Å². The molecule has 2 aromatic carbocycles. The summed E-state index contributed by atoms with van der Waals surface area (Å²) >= 11 is 11.0. The molecule has 0 aliphatic heterocycles. The van der Waals surface area contributed by atoms with Gasteiger partial charge in [-0.25, -0.2) is 0 Å². The molecule has 27 heavy (non-hydrogen) atoms. The minimum Gasteiger partial charge on any atom is -0.508 e. The Morgan fingerprint density at radius 2 is 0.630 bits per heavy atom. The molecule has 4 rings (SSSR count). The van der Waals surface area contributed by atoms with Crippen LogP contribution in [-0.2, 0) is 21.7 Å². The largest absolute Gasteiger partial charge is 0.508 e. The number of phenols is 2. The maximum absolute atomic E-state index is 8.70. The molecule has 0 unspecified atom stereocenters. The predicted molar refractivity (Wildman–Crippen MR) is 98.7 cm³/mol. The fraction of sp³-hybridized carbons (Fsp3) is 0. The van der Waals surface area contributed by atoms with E-state index in [0.29, 0.717) is 10.0 Å². The van der Waals surface area contributed by atoms with Crippen molar-refractivity contribution in [2.24, 2.45) is 0 Å². The number of aromatic hydroxyl groups is 2. The molecule has 128 valence electrons. The molecule has 0 heterocycles. The molecule has 0 spiro atoms. The molecule has 2 nitrogen and oxygen atoms in total. The minimum atomic E-state index is 0.